The van der Waals surface area contributed by atoms with Gasteiger partial charge in [-0.05, 0) is 58.2 Å². The van der Waals surface area contributed by atoms with Crippen molar-refractivity contribution in [2.24, 2.45) is 16.7 Å². The van der Waals surface area contributed by atoms with E-state index < -0.39 is 0 Å². The highest BCUT2D eigenvalue weighted by molar-refractivity contribution is 6.17. The number of allylic oxidation sites excluding steroid dienone is 1. The third-order valence-corrected chi connectivity index (χ3v) is 6.34. The molecule has 33 heavy (non-hydrogen) atoms. The number of hydrogen-bond acceptors (Lipinski definition) is 6. The summed E-state index contributed by atoms with van der Waals surface area (Å²) in [7, 11) is 0. The molecule has 1 aliphatic carbocycles. The minimum Gasteiger partial charge on any atom is -0.371 e. The molecule has 2 aliphatic rings. The molecule has 0 spiro atoms. The average Bonchev–Trinajstić information content (AvgIpc) is 3.45. The Morgan fingerprint density at radius 1 is 1.33 bits per heavy atom. The number of guanidine groups is 1. The molecule has 1 aromatic heterocycles. The van der Waals surface area contributed by atoms with Crippen LogP contribution in [0.4, 0.5) is 11.5 Å². The topological polar surface area (TPSA) is 140 Å². The van der Waals surface area contributed by atoms with Crippen LogP contribution in [0, 0.1) is 5.41 Å². The summed E-state index contributed by atoms with van der Waals surface area (Å²) < 4.78 is 0. The van der Waals surface area contributed by atoms with Crippen molar-refractivity contribution in [1.29, 1.82) is 5.41 Å². The minimum atomic E-state index is -0.367. The van der Waals surface area contributed by atoms with Crippen molar-refractivity contribution in [1.82, 2.24) is 15.3 Å². The standard InChI is InChI=1S/C23H35N9O/c1-5-18-15(4)20(22(33)29-25)31(16-10-8-9-11-16)21(18)28-23(24)32(26)19-13-12-17(14-27-19)30(6-2)7-3/h5,12-14,16,24H,6-11,25-26H2,1-4H3,(H,29,33)/b18-5-,24-23?,28-21+. The molecule has 10 heteroatoms. The van der Waals surface area contributed by atoms with Crippen LogP contribution in [0.5, 0.6) is 0 Å². The number of amidine groups is 1. The molecule has 0 unspecified atom stereocenters. The van der Waals surface area contributed by atoms with Gasteiger partial charge in [-0.15, -0.1) is 0 Å². The SMILES string of the molecule is C/C=C1/C(C)=C(C(=O)NN)N(C2CCCC2)/C1=N/C(=N)N(N)c1ccc(N(CC)CC)cn1. The van der Waals surface area contributed by atoms with Gasteiger partial charge >= 0.3 is 0 Å². The molecule has 0 bridgehead atoms. The van der Waals surface area contributed by atoms with Gasteiger partial charge in [0.15, 0.2) is 0 Å². The lowest BCUT2D eigenvalue weighted by Gasteiger charge is -2.29. The minimum absolute atomic E-state index is 0.119. The van der Waals surface area contributed by atoms with E-state index in [1.807, 2.05) is 30.9 Å². The molecule has 1 aromatic rings. The Labute approximate surface area is 195 Å². The molecule has 3 rings (SSSR count). The number of pyridine rings is 1. The van der Waals surface area contributed by atoms with E-state index in [1.54, 1.807) is 12.3 Å². The zero-order valence-corrected chi connectivity index (χ0v) is 19.9. The summed E-state index contributed by atoms with van der Waals surface area (Å²) in [5, 5.41) is 9.73. The monoisotopic (exact) mass is 453 g/mol. The molecular formula is C23H35N9O. The Bertz CT molecular complexity index is 970. The van der Waals surface area contributed by atoms with E-state index in [-0.39, 0.29) is 17.9 Å². The Morgan fingerprint density at radius 3 is 2.52 bits per heavy atom. The maximum Gasteiger partial charge on any atom is 0.282 e. The van der Waals surface area contributed by atoms with E-state index in [1.165, 1.54) is 0 Å². The lowest BCUT2D eigenvalue weighted by molar-refractivity contribution is -0.118. The van der Waals surface area contributed by atoms with Crippen LogP contribution < -0.4 is 27.0 Å². The van der Waals surface area contributed by atoms with Crippen LogP contribution in [0.25, 0.3) is 0 Å². The fourth-order valence-corrected chi connectivity index (χ4v) is 4.60. The number of hydrazine groups is 2. The number of nitrogens with two attached hydrogens (primary N) is 2. The average molecular weight is 454 g/mol. The van der Waals surface area contributed by atoms with E-state index in [0.29, 0.717) is 17.4 Å². The third-order valence-electron chi connectivity index (χ3n) is 6.34. The van der Waals surface area contributed by atoms with Crippen LogP contribution in [-0.2, 0) is 4.79 Å². The molecule has 0 radical (unpaired) electrons. The quantitative estimate of drug-likeness (QED) is 0.170. The van der Waals surface area contributed by atoms with Gasteiger partial charge in [0.2, 0.25) is 5.96 Å². The van der Waals surface area contributed by atoms with Crippen LogP contribution in [0.15, 0.2) is 46.2 Å². The Morgan fingerprint density at radius 2 is 2.00 bits per heavy atom. The van der Waals surface area contributed by atoms with Gasteiger partial charge < -0.3 is 9.80 Å². The normalized spacial score (nSPS) is 19.0. The summed E-state index contributed by atoms with van der Waals surface area (Å²) in [6.45, 7) is 9.70. The lowest BCUT2D eigenvalue weighted by Crippen LogP contribution is -2.44. The molecule has 0 atom stereocenters. The summed E-state index contributed by atoms with van der Waals surface area (Å²) in [6.07, 6.45) is 7.70. The summed E-state index contributed by atoms with van der Waals surface area (Å²) >= 11 is 0. The second-order valence-electron chi connectivity index (χ2n) is 8.13. The number of hydrogen-bond donors (Lipinski definition) is 4. The number of nitrogens with one attached hydrogen (secondary N) is 2. The van der Waals surface area contributed by atoms with Gasteiger partial charge in [0, 0.05) is 24.7 Å². The maximum absolute atomic E-state index is 12.7. The first-order valence-corrected chi connectivity index (χ1v) is 11.5. The highest BCUT2D eigenvalue weighted by Gasteiger charge is 2.40. The number of aromatic nitrogens is 1. The number of amides is 1. The van der Waals surface area contributed by atoms with Gasteiger partial charge in [-0.3, -0.25) is 15.6 Å². The molecule has 0 aromatic carbocycles. The number of aliphatic imine (C=N–C) groups is 1. The number of nitrogens with zero attached hydrogens (tertiary/aromatic N) is 5. The van der Waals surface area contributed by atoms with Crippen molar-refractivity contribution < 1.29 is 4.79 Å². The van der Waals surface area contributed by atoms with Crippen molar-refractivity contribution in [3.05, 3.63) is 41.2 Å². The number of carbonyl (C=O) groups is 1. The predicted octanol–water partition coefficient (Wildman–Crippen LogP) is 2.41. The molecule has 1 fully saturated rings. The van der Waals surface area contributed by atoms with Crippen LogP contribution >= 0.6 is 0 Å². The van der Waals surface area contributed by atoms with Crippen molar-refractivity contribution in [2.45, 2.75) is 59.4 Å². The second-order valence-corrected chi connectivity index (χ2v) is 8.13. The van der Waals surface area contributed by atoms with Crippen molar-refractivity contribution >= 4 is 29.2 Å². The van der Waals surface area contributed by atoms with Crippen molar-refractivity contribution in [2.75, 3.05) is 23.0 Å². The van der Waals surface area contributed by atoms with Crippen molar-refractivity contribution in [3.63, 3.8) is 0 Å². The van der Waals surface area contributed by atoms with E-state index in [0.717, 1.165) is 60.6 Å². The zero-order valence-electron chi connectivity index (χ0n) is 19.9. The van der Waals surface area contributed by atoms with E-state index >= 15 is 0 Å². The molecule has 178 valence electrons. The first-order chi connectivity index (χ1) is 15.9. The molecule has 1 saturated carbocycles. The number of carbonyl (C=O) groups excluding carboxylic acids is 1. The van der Waals surface area contributed by atoms with Crippen LogP contribution in [0.3, 0.4) is 0 Å². The number of anilines is 2. The number of rotatable bonds is 6. The molecule has 6 N–H and O–H groups in total. The molecular weight excluding hydrogens is 418 g/mol. The van der Waals surface area contributed by atoms with Gasteiger partial charge in [-0.25, -0.2) is 21.7 Å². The largest absolute Gasteiger partial charge is 0.371 e. The van der Waals surface area contributed by atoms with Crippen LogP contribution in [-0.4, -0.2) is 46.7 Å². The van der Waals surface area contributed by atoms with Gasteiger partial charge in [0.05, 0.1) is 11.9 Å². The first-order valence-electron chi connectivity index (χ1n) is 11.5. The summed E-state index contributed by atoms with van der Waals surface area (Å²) in [5.41, 5.74) is 5.31. The Kier molecular flexibility index (Phi) is 7.83. The summed E-state index contributed by atoms with van der Waals surface area (Å²) in [4.78, 5) is 25.8. The fraction of sp³-hybridized carbons (Fsp3) is 0.478. The highest BCUT2D eigenvalue weighted by atomic mass is 16.2. The van der Waals surface area contributed by atoms with Gasteiger partial charge in [0.1, 0.15) is 17.4 Å². The van der Waals surface area contributed by atoms with E-state index in [4.69, 9.17) is 17.1 Å². The molecule has 1 aliphatic heterocycles. The summed E-state index contributed by atoms with van der Waals surface area (Å²) in [6, 6.07) is 3.83. The molecule has 2 heterocycles. The van der Waals surface area contributed by atoms with Gasteiger partial charge in [-0.1, -0.05) is 18.9 Å². The fourth-order valence-electron chi connectivity index (χ4n) is 4.60. The van der Waals surface area contributed by atoms with Gasteiger partial charge in [0.25, 0.3) is 5.91 Å². The smallest absolute Gasteiger partial charge is 0.282 e. The lowest BCUT2D eigenvalue weighted by atomic mass is 10.1. The predicted molar refractivity (Wildman–Crippen MR) is 133 cm³/mol. The van der Waals surface area contributed by atoms with E-state index in [9.17, 15) is 4.79 Å². The Balaban J connectivity index is 1.93. The Hall–Kier alpha value is -3.24. The second kappa shape index (κ2) is 10.6. The maximum atomic E-state index is 12.7. The molecule has 0 saturated heterocycles. The third kappa shape index (κ3) is 4.76. The first kappa shape index (κ1) is 24.4. The summed E-state index contributed by atoms with van der Waals surface area (Å²) in [5.74, 6) is 12.1. The molecule has 1 amide bonds. The van der Waals surface area contributed by atoms with Crippen LogP contribution in [0.2, 0.25) is 0 Å². The van der Waals surface area contributed by atoms with E-state index in [2.05, 4.69) is 34.1 Å². The van der Waals surface area contributed by atoms with Crippen LogP contribution in [0.1, 0.15) is 53.4 Å². The highest BCUT2D eigenvalue weighted by Crippen LogP contribution is 2.37. The van der Waals surface area contributed by atoms with Gasteiger partial charge in [-0.2, -0.15) is 4.99 Å². The molecule has 10 nitrogen and oxygen atoms in total. The zero-order chi connectivity index (χ0) is 24.1. The van der Waals surface area contributed by atoms with Crippen molar-refractivity contribution in [3.8, 4) is 0 Å².